The standard InChI is InChI=1S/C24H31NO2/c1-5-23(27-21-13-12-19-8-6-7-9-20(19)15-21)24(26)25-18(4)22-14-16(2)10-11-17(22)3/h10-15,18,23H,5-9H2,1-4H3,(H,25,26)/t18-,23-/m0/s1. The second-order valence-electron chi connectivity index (χ2n) is 7.74. The fourth-order valence-corrected chi connectivity index (χ4v) is 3.88. The maximum absolute atomic E-state index is 12.8. The van der Waals surface area contributed by atoms with Crippen molar-refractivity contribution in [2.45, 2.75) is 71.9 Å². The van der Waals surface area contributed by atoms with Gasteiger partial charge in [-0.1, -0.05) is 36.8 Å². The number of carbonyl (C=O) groups excluding carboxylic acids is 1. The molecule has 1 amide bonds. The van der Waals surface area contributed by atoms with Crippen LogP contribution in [0.2, 0.25) is 0 Å². The van der Waals surface area contributed by atoms with Crippen LogP contribution in [0.25, 0.3) is 0 Å². The van der Waals surface area contributed by atoms with Crippen molar-refractivity contribution in [2.24, 2.45) is 0 Å². The fraction of sp³-hybridized carbons (Fsp3) is 0.458. The monoisotopic (exact) mass is 365 g/mol. The van der Waals surface area contributed by atoms with Crippen molar-refractivity contribution in [3.8, 4) is 5.75 Å². The van der Waals surface area contributed by atoms with E-state index in [0.29, 0.717) is 6.42 Å². The third kappa shape index (κ3) is 4.71. The molecule has 0 bridgehead atoms. The van der Waals surface area contributed by atoms with Crippen molar-refractivity contribution < 1.29 is 9.53 Å². The SMILES string of the molecule is CC[C@H](Oc1ccc2c(c1)CCCC2)C(=O)N[C@@H](C)c1cc(C)ccc1C. The topological polar surface area (TPSA) is 38.3 Å². The number of amides is 1. The van der Waals surface area contributed by atoms with E-state index in [2.05, 4.69) is 49.5 Å². The molecule has 3 nitrogen and oxygen atoms in total. The molecule has 0 unspecified atom stereocenters. The maximum Gasteiger partial charge on any atom is 0.261 e. The number of rotatable bonds is 6. The lowest BCUT2D eigenvalue weighted by atomic mass is 9.92. The molecule has 144 valence electrons. The van der Waals surface area contributed by atoms with Gasteiger partial charge in [-0.15, -0.1) is 0 Å². The van der Waals surface area contributed by atoms with Crippen LogP contribution in [0, 0.1) is 13.8 Å². The Morgan fingerprint density at radius 1 is 1.07 bits per heavy atom. The lowest BCUT2D eigenvalue weighted by Crippen LogP contribution is -2.39. The van der Waals surface area contributed by atoms with Crippen LogP contribution in [0.3, 0.4) is 0 Å². The third-order valence-electron chi connectivity index (χ3n) is 5.52. The number of carbonyl (C=O) groups is 1. The highest BCUT2D eigenvalue weighted by Gasteiger charge is 2.22. The molecule has 27 heavy (non-hydrogen) atoms. The van der Waals surface area contributed by atoms with Gasteiger partial charge < -0.3 is 10.1 Å². The van der Waals surface area contributed by atoms with E-state index in [4.69, 9.17) is 4.74 Å². The van der Waals surface area contributed by atoms with Crippen molar-refractivity contribution in [2.75, 3.05) is 0 Å². The van der Waals surface area contributed by atoms with Crippen LogP contribution in [-0.4, -0.2) is 12.0 Å². The van der Waals surface area contributed by atoms with Crippen molar-refractivity contribution >= 4 is 5.91 Å². The lowest BCUT2D eigenvalue weighted by Gasteiger charge is -2.23. The Morgan fingerprint density at radius 3 is 2.56 bits per heavy atom. The summed E-state index contributed by atoms with van der Waals surface area (Å²) in [6, 6.07) is 12.6. The number of fused-ring (bicyclic) bond motifs is 1. The van der Waals surface area contributed by atoms with Crippen LogP contribution in [0.5, 0.6) is 5.75 Å². The molecule has 0 fully saturated rings. The van der Waals surface area contributed by atoms with Crippen LogP contribution in [0.4, 0.5) is 0 Å². The molecule has 0 aliphatic heterocycles. The number of benzene rings is 2. The first-order valence-electron chi connectivity index (χ1n) is 10.1. The predicted octanol–water partition coefficient (Wildman–Crippen LogP) is 5.22. The minimum atomic E-state index is -0.473. The van der Waals surface area contributed by atoms with E-state index in [1.807, 2.05) is 19.9 Å². The Labute approximate surface area is 163 Å². The Morgan fingerprint density at radius 2 is 1.81 bits per heavy atom. The first-order valence-corrected chi connectivity index (χ1v) is 10.1. The average Bonchev–Trinajstić information content (AvgIpc) is 2.67. The Balaban J connectivity index is 1.68. The summed E-state index contributed by atoms with van der Waals surface area (Å²) >= 11 is 0. The Hall–Kier alpha value is -2.29. The van der Waals surface area contributed by atoms with Gasteiger partial charge in [0.05, 0.1) is 6.04 Å². The van der Waals surface area contributed by atoms with Crippen molar-refractivity contribution in [3.63, 3.8) is 0 Å². The van der Waals surface area contributed by atoms with E-state index >= 15 is 0 Å². The van der Waals surface area contributed by atoms with Gasteiger partial charge in [-0.25, -0.2) is 0 Å². The summed E-state index contributed by atoms with van der Waals surface area (Å²) < 4.78 is 6.07. The molecule has 3 heteroatoms. The summed E-state index contributed by atoms with van der Waals surface area (Å²) in [5, 5.41) is 3.13. The molecule has 0 heterocycles. The maximum atomic E-state index is 12.8. The van der Waals surface area contributed by atoms with E-state index in [-0.39, 0.29) is 11.9 Å². The van der Waals surface area contributed by atoms with Crippen LogP contribution < -0.4 is 10.1 Å². The molecule has 2 aromatic carbocycles. The Bertz CT molecular complexity index is 812. The molecule has 0 saturated carbocycles. The van der Waals surface area contributed by atoms with Crippen molar-refractivity contribution in [1.82, 2.24) is 5.32 Å². The van der Waals surface area contributed by atoms with E-state index in [1.165, 1.54) is 35.1 Å². The molecule has 0 radical (unpaired) electrons. The first kappa shape index (κ1) is 19.5. The second-order valence-corrected chi connectivity index (χ2v) is 7.74. The zero-order chi connectivity index (χ0) is 19.4. The number of hydrogen-bond acceptors (Lipinski definition) is 2. The van der Waals surface area contributed by atoms with E-state index in [0.717, 1.165) is 24.2 Å². The number of nitrogens with one attached hydrogen (secondary N) is 1. The number of hydrogen-bond donors (Lipinski definition) is 1. The number of aryl methyl sites for hydroxylation is 4. The summed E-state index contributed by atoms with van der Waals surface area (Å²) in [6.07, 6.45) is 4.94. The summed E-state index contributed by atoms with van der Waals surface area (Å²) in [7, 11) is 0. The molecular weight excluding hydrogens is 334 g/mol. The highest BCUT2D eigenvalue weighted by atomic mass is 16.5. The van der Waals surface area contributed by atoms with Crippen LogP contribution in [0.1, 0.15) is 67.0 Å². The summed E-state index contributed by atoms with van der Waals surface area (Å²) in [4.78, 5) is 12.8. The van der Waals surface area contributed by atoms with Crippen molar-refractivity contribution in [3.05, 3.63) is 64.2 Å². The summed E-state index contributed by atoms with van der Waals surface area (Å²) in [5.41, 5.74) is 6.35. The highest BCUT2D eigenvalue weighted by Crippen LogP contribution is 2.26. The predicted molar refractivity (Wildman–Crippen MR) is 110 cm³/mol. The molecule has 2 atom stereocenters. The van der Waals surface area contributed by atoms with Crippen LogP contribution in [-0.2, 0) is 17.6 Å². The van der Waals surface area contributed by atoms with Crippen molar-refractivity contribution in [1.29, 1.82) is 0 Å². The lowest BCUT2D eigenvalue weighted by molar-refractivity contribution is -0.128. The van der Waals surface area contributed by atoms with Gasteiger partial charge in [-0.05, 0) is 87.3 Å². The minimum absolute atomic E-state index is 0.0430. The van der Waals surface area contributed by atoms with E-state index in [9.17, 15) is 4.79 Å². The van der Waals surface area contributed by atoms with Crippen LogP contribution >= 0.6 is 0 Å². The third-order valence-corrected chi connectivity index (χ3v) is 5.52. The van der Waals surface area contributed by atoms with Gasteiger partial charge in [0.15, 0.2) is 6.10 Å². The molecule has 1 aliphatic rings. The smallest absolute Gasteiger partial charge is 0.261 e. The van der Waals surface area contributed by atoms with Gasteiger partial charge in [0.1, 0.15) is 5.75 Å². The second kappa shape index (κ2) is 8.60. The van der Waals surface area contributed by atoms with Gasteiger partial charge in [0.25, 0.3) is 5.91 Å². The molecule has 0 saturated heterocycles. The molecule has 0 aromatic heterocycles. The van der Waals surface area contributed by atoms with E-state index in [1.54, 1.807) is 0 Å². The number of ether oxygens (including phenoxy) is 1. The first-order chi connectivity index (χ1) is 13.0. The highest BCUT2D eigenvalue weighted by molar-refractivity contribution is 5.81. The largest absolute Gasteiger partial charge is 0.481 e. The Kier molecular flexibility index (Phi) is 6.20. The summed E-state index contributed by atoms with van der Waals surface area (Å²) in [5.74, 6) is 0.751. The van der Waals surface area contributed by atoms with Gasteiger partial charge in [-0.3, -0.25) is 4.79 Å². The van der Waals surface area contributed by atoms with Gasteiger partial charge in [-0.2, -0.15) is 0 Å². The van der Waals surface area contributed by atoms with Gasteiger partial charge >= 0.3 is 0 Å². The van der Waals surface area contributed by atoms with E-state index < -0.39 is 6.10 Å². The molecule has 0 spiro atoms. The fourth-order valence-electron chi connectivity index (χ4n) is 3.88. The average molecular weight is 366 g/mol. The van der Waals surface area contributed by atoms with Gasteiger partial charge in [0, 0.05) is 0 Å². The minimum Gasteiger partial charge on any atom is -0.481 e. The van der Waals surface area contributed by atoms with Gasteiger partial charge in [0.2, 0.25) is 0 Å². The normalized spacial score (nSPS) is 15.6. The zero-order valence-corrected chi connectivity index (χ0v) is 17.0. The zero-order valence-electron chi connectivity index (χ0n) is 17.0. The van der Waals surface area contributed by atoms with Crippen LogP contribution in [0.15, 0.2) is 36.4 Å². The molecule has 3 rings (SSSR count). The summed E-state index contributed by atoms with van der Waals surface area (Å²) in [6.45, 7) is 8.18. The molecular formula is C24H31NO2. The molecule has 1 aliphatic carbocycles. The quantitative estimate of drug-likeness (QED) is 0.762. The molecule has 2 aromatic rings. The molecule has 1 N–H and O–H groups in total.